The molecule has 0 aromatic heterocycles. The van der Waals surface area contributed by atoms with E-state index in [0.29, 0.717) is 34.7 Å². The van der Waals surface area contributed by atoms with E-state index < -0.39 is 0 Å². The van der Waals surface area contributed by atoms with E-state index in [2.05, 4.69) is 33.1 Å². The van der Waals surface area contributed by atoms with Crippen molar-refractivity contribution in [2.75, 3.05) is 6.54 Å². The molecule has 3 aromatic rings. The molecule has 0 spiro atoms. The second-order valence-corrected chi connectivity index (χ2v) is 9.41. The van der Waals surface area contributed by atoms with Crippen LogP contribution in [0, 0.1) is 12.7 Å². The van der Waals surface area contributed by atoms with Gasteiger partial charge < -0.3 is 4.74 Å². The van der Waals surface area contributed by atoms with Gasteiger partial charge >= 0.3 is 0 Å². The Hall–Kier alpha value is -2.90. The molecule has 0 bridgehead atoms. The highest BCUT2D eigenvalue weighted by molar-refractivity contribution is 9.10. The monoisotopic (exact) mass is 524 g/mol. The summed E-state index contributed by atoms with van der Waals surface area (Å²) in [5.74, 6) is 0.245. The number of aryl methyl sites for hydroxylation is 1. The Morgan fingerprint density at radius 2 is 1.82 bits per heavy atom. The van der Waals surface area contributed by atoms with Crippen molar-refractivity contribution < 1.29 is 13.9 Å². The molecule has 1 aliphatic rings. The molecule has 0 N–H and O–H groups in total. The number of hydrogen-bond donors (Lipinski definition) is 0. The van der Waals surface area contributed by atoms with Crippen LogP contribution in [0.5, 0.6) is 5.75 Å². The van der Waals surface area contributed by atoms with Crippen molar-refractivity contribution >= 4 is 50.5 Å². The van der Waals surface area contributed by atoms with Crippen LogP contribution in [0.25, 0.3) is 6.08 Å². The maximum Gasteiger partial charge on any atom is 0.266 e. The van der Waals surface area contributed by atoms with Crippen molar-refractivity contribution in [2.24, 2.45) is 4.99 Å². The number of likely N-dealkylation sites (N-methyl/N-ethyl adjacent to an activating group) is 1. The van der Waals surface area contributed by atoms with E-state index in [0.717, 1.165) is 15.6 Å². The number of thioether (sulfide) groups is 1. The van der Waals surface area contributed by atoms with Gasteiger partial charge in [-0.3, -0.25) is 9.69 Å². The van der Waals surface area contributed by atoms with Gasteiger partial charge in [0, 0.05) is 16.6 Å². The first-order valence-corrected chi connectivity index (χ1v) is 12.1. The average Bonchev–Trinajstić information content (AvgIpc) is 3.09. The normalized spacial score (nSPS) is 16.1. The van der Waals surface area contributed by atoms with E-state index in [1.165, 1.54) is 29.5 Å². The fourth-order valence-corrected chi connectivity index (χ4v) is 4.68. The molecule has 0 radical (unpaired) electrons. The third-order valence-electron chi connectivity index (χ3n) is 5.03. The summed E-state index contributed by atoms with van der Waals surface area (Å²) in [6, 6.07) is 19.8. The first-order chi connectivity index (χ1) is 15.9. The van der Waals surface area contributed by atoms with Crippen molar-refractivity contribution in [3.63, 3.8) is 0 Å². The molecular formula is C26H22BrFN2O2S. The molecule has 168 valence electrons. The Labute approximate surface area is 205 Å². The third kappa shape index (κ3) is 5.72. The number of hydrogen-bond acceptors (Lipinski definition) is 4. The number of carbonyl (C=O) groups is 1. The molecule has 3 aromatic carbocycles. The van der Waals surface area contributed by atoms with Gasteiger partial charge in [-0.05, 0) is 79.7 Å². The van der Waals surface area contributed by atoms with Crippen molar-refractivity contribution in [1.82, 2.24) is 4.90 Å². The molecule has 0 unspecified atom stereocenters. The van der Waals surface area contributed by atoms with E-state index in [4.69, 9.17) is 4.74 Å². The molecule has 1 amide bonds. The fraction of sp³-hybridized carbons (Fsp3) is 0.154. The van der Waals surface area contributed by atoms with Crippen LogP contribution >= 0.6 is 27.7 Å². The van der Waals surface area contributed by atoms with E-state index in [-0.39, 0.29) is 11.7 Å². The largest absolute Gasteiger partial charge is 0.488 e. The number of ether oxygens (including phenoxy) is 1. The van der Waals surface area contributed by atoms with Crippen molar-refractivity contribution in [3.05, 3.63) is 98.6 Å². The summed E-state index contributed by atoms with van der Waals surface area (Å²) in [7, 11) is 0. The Bertz CT molecular complexity index is 1220. The minimum atomic E-state index is -0.324. The predicted molar refractivity (Wildman–Crippen MR) is 136 cm³/mol. The number of halogens is 2. The minimum Gasteiger partial charge on any atom is -0.488 e. The highest BCUT2D eigenvalue weighted by Crippen LogP contribution is 2.36. The molecule has 1 fully saturated rings. The Balaban J connectivity index is 1.60. The molecule has 33 heavy (non-hydrogen) atoms. The molecule has 1 heterocycles. The quantitative estimate of drug-likeness (QED) is 0.323. The second-order valence-electron chi connectivity index (χ2n) is 7.49. The van der Waals surface area contributed by atoms with Crippen molar-refractivity contribution in [2.45, 2.75) is 20.5 Å². The van der Waals surface area contributed by atoms with Crippen molar-refractivity contribution in [3.8, 4) is 5.75 Å². The van der Waals surface area contributed by atoms with E-state index >= 15 is 0 Å². The Morgan fingerprint density at radius 3 is 2.52 bits per heavy atom. The lowest BCUT2D eigenvalue weighted by atomic mass is 10.1. The number of aliphatic imine (C=N–C) groups is 1. The Kier molecular flexibility index (Phi) is 7.30. The number of benzene rings is 3. The summed E-state index contributed by atoms with van der Waals surface area (Å²) in [6.45, 7) is 4.86. The maximum absolute atomic E-state index is 13.2. The zero-order valence-electron chi connectivity index (χ0n) is 18.2. The van der Waals surface area contributed by atoms with Crippen LogP contribution in [0.2, 0.25) is 0 Å². The first kappa shape index (κ1) is 23.3. The average molecular weight is 525 g/mol. The second kappa shape index (κ2) is 10.4. The van der Waals surface area contributed by atoms with Gasteiger partial charge in [-0.15, -0.1) is 0 Å². The summed E-state index contributed by atoms with van der Waals surface area (Å²) in [6.07, 6.45) is 1.83. The van der Waals surface area contributed by atoms with Gasteiger partial charge in [0.25, 0.3) is 5.91 Å². The number of amidine groups is 1. The van der Waals surface area contributed by atoms with Gasteiger partial charge in [-0.25, -0.2) is 9.38 Å². The molecule has 0 atom stereocenters. The maximum atomic E-state index is 13.2. The van der Waals surface area contributed by atoms with Gasteiger partial charge in [-0.1, -0.05) is 45.8 Å². The van der Waals surface area contributed by atoms with Gasteiger partial charge in [0.15, 0.2) is 5.17 Å². The molecule has 1 aliphatic heterocycles. The van der Waals surface area contributed by atoms with Crippen LogP contribution < -0.4 is 4.74 Å². The molecule has 0 aliphatic carbocycles. The van der Waals surface area contributed by atoms with Crippen molar-refractivity contribution in [1.29, 1.82) is 0 Å². The smallest absolute Gasteiger partial charge is 0.266 e. The van der Waals surface area contributed by atoms with Crippen LogP contribution in [0.15, 0.2) is 81.1 Å². The van der Waals surface area contributed by atoms with Gasteiger partial charge in [-0.2, -0.15) is 0 Å². The zero-order chi connectivity index (χ0) is 23.4. The van der Waals surface area contributed by atoms with Crippen LogP contribution in [-0.2, 0) is 11.4 Å². The summed E-state index contributed by atoms with van der Waals surface area (Å²) in [4.78, 5) is 19.8. The minimum absolute atomic E-state index is 0.118. The Morgan fingerprint density at radius 1 is 1.09 bits per heavy atom. The summed E-state index contributed by atoms with van der Waals surface area (Å²) >= 11 is 4.81. The topological polar surface area (TPSA) is 41.9 Å². The summed E-state index contributed by atoms with van der Waals surface area (Å²) < 4.78 is 20.2. The molecule has 1 saturated heterocycles. The molecule has 7 heteroatoms. The molecule has 4 rings (SSSR count). The number of carbonyl (C=O) groups excluding carboxylic acids is 1. The SMILES string of the molecule is CCN1C(=O)/C(=C\c2cc(Br)ccc2OCc2ccc(C)cc2)SC1=Nc1ccc(F)cc1. The molecule has 4 nitrogen and oxygen atoms in total. The van der Waals surface area contributed by atoms with Gasteiger partial charge in [0.05, 0.1) is 10.6 Å². The van der Waals surface area contributed by atoms with Crippen LogP contribution in [0.1, 0.15) is 23.6 Å². The predicted octanol–water partition coefficient (Wildman–Crippen LogP) is 7.10. The lowest BCUT2D eigenvalue weighted by Gasteiger charge is -2.12. The van der Waals surface area contributed by atoms with E-state index in [1.54, 1.807) is 17.0 Å². The van der Waals surface area contributed by atoms with E-state index in [1.807, 2.05) is 50.3 Å². The van der Waals surface area contributed by atoms with Gasteiger partial charge in [0.2, 0.25) is 0 Å². The highest BCUT2D eigenvalue weighted by atomic mass is 79.9. The third-order valence-corrected chi connectivity index (χ3v) is 6.53. The number of nitrogens with zero attached hydrogens (tertiary/aromatic N) is 2. The number of amides is 1. The highest BCUT2D eigenvalue weighted by Gasteiger charge is 2.32. The summed E-state index contributed by atoms with van der Waals surface area (Å²) in [5, 5.41) is 0.567. The van der Waals surface area contributed by atoms with E-state index in [9.17, 15) is 9.18 Å². The summed E-state index contributed by atoms with van der Waals surface area (Å²) in [5.41, 5.74) is 3.66. The lowest BCUT2D eigenvalue weighted by Crippen LogP contribution is -2.28. The zero-order valence-corrected chi connectivity index (χ0v) is 20.6. The fourth-order valence-electron chi connectivity index (χ4n) is 3.25. The first-order valence-electron chi connectivity index (χ1n) is 10.5. The standard InChI is InChI=1S/C26H22BrFN2O2S/c1-3-30-25(31)24(33-26(30)29-22-11-9-21(28)10-12-22)15-19-14-20(27)8-13-23(19)32-16-18-6-4-17(2)5-7-18/h4-15H,3,16H2,1-2H3/b24-15+,29-26?. The molecular weight excluding hydrogens is 503 g/mol. The van der Waals surface area contributed by atoms with Crippen LogP contribution in [0.4, 0.5) is 10.1 Å². The van der Waals surface area contributed by atoms with Crippen LogP contribution in [-0.4, -0.2) is 22.5 Å². The molecule has 0 saturated carbocycles. The lowest BCUT2D eigenvalue weighted by molar-refractivity contribution is -0.122. The van der Waals surface area contributed by atoms with Gasteiger partial charge in [0.1, 0.15) is 18.2 Å². The number of rotatable bonds is 6. The van der Waals surface area contributed by atoms with Crippen LogP contribution in [0.3, 0.4) is 0 Å².